The zero-order valence-electron chi connectivity index (χ0n) is 23.9. The summed E-state index contributed by atoms with van der Waals surface area (Å²) in [6, 6.07) is 11.5. The first-order valence-corrected chi connectivity index (χ1v) is 13.6. The summed E-state index contributed by atoms with van der Waals surface area (Å²) in [5.74, 6) is -0.179. The number of para-hydroxylation sites is 1. The Morgan fingerprint density at radius 2 is 1.80 bits per heavy atom. The monoisotopic (exact) mass is 550 g/mol. The molecular formula is C31H38N2O7. The standard InChI is InChI=1S/C31H38N2O7/c1-6-7-8-17-39-22-14-13-20(18-24(22)38-5)27-26(29(35)31(36)33(27)16-10-15-32(2)3)28(34)25-19-21-11-9-12-23(37-4)30(21)40-25/h9,11-14,18-19,27,35H,6-8,10,15-17H2,1-5H3. The number of hydrogen-bond acceptors (Lipinski definition) is 8. The average molecular weight is 551 g/mol. The number of carbonyl (C=O) groups is 2. The Hall–Kier alpha value is -3.98. The van der Waals surface area contributed by atoms with Crippen LogP contribution < -0.4 is 14.2 Å². The van der Waals surface area contributed by atoms with Gasteiger partial charge in [-0.1, -0.05) is 38.0 Å². The highest BCUT2D eigenvalue weighted by molar-refractivity contribution is 6.16. The first kappa shape index (κ1) is 29.0. The van der Waals surface area contributed by atoms with E-state index in [1.807, 2.05) is 25.1 Å². The second-order valence-electron chi connectivity index (χ2n) is 10.1. The van der Waals surface area contributed by atoms with Crippen molar-refractivity contribution in [2.45, 2.75) is 38.6 Å². The average Bonchev–Trinajstić information content (AvgIpc) is 3.50. The normalized spacial score (nSPS) is 15.4. The molecule has 214 valence electrons. The first-order valence-electron chi connectivity index (χ1n) is 13.6. The van der Waals surface area contributed by atoms with E-state index in [0.717, 1.165) is 25.8 Å². The van der Waals surface area contributed by atoms with Crippen LogP contribution in [0.1, 0.15) is 54.8 Å². The molecule has 0 radical (unpaired) electrons. The van der Waals surface area contributed by atoms with Crippen LogP contribution in [0, 0.1) is 0 Å². The summed E-state index contributed by atoms with van der Waals surface area (Å²) in [5.41, 5.74) is 1.01. The zero-order valence-corrected chi connectivity index (χ0v) is 23.9. The fourth-order valence-electron chi connectivity index (χ4n) is 4.97. The quantitative estimate of drug-likeness (QED) is 0.206. The maximum Gasteiger partial charge on any atom is 0.290 e. The second-order valence-corrected chi connectivity index (χ2v) is 10.1. The Morgan fingerprint density at radius 3 is 2.50 bits per heavy atom. The Kier molecular flexibility index (Phi) is 9.37. The smallest absolute Gasteiger partial charge is 0.290 e. The van der Waals surface area contributed by atoms with E-state index >= 15 is 0 Å². The lowest BCUT2D eigenvalue weighted by molar-refractivity contribution is -0.129. The third-order valence-electron chi connectivity index (χ3n) is 7.01. The van der Waals surface area contributed by atoms with Crippen molar-refractivity contribution in [3.05, 3.63) is 65.1 Å². The number of ether oxygens (including phenoxy) is 3. The molecule has 9 heteroatoms. The summed E-state index contributed by atoms with van der Waals surface area (Å²) in [7, 11) is 6.98. The highest BCUT2D eigenvalue weighted by atomic mass is 16.5. The number of unbranched alkanes of at least 4 members (excludes halogenated alkanes) is 2. The molecule has 3 aromatic rings. The number of benzene rings is 2. The van der Waals surface area contributed by atoms with Gasteiger partial charge in [-0.2, -0.15) is 0 Å². The number of aliphatic hydroxyl groups is 1. The number of methoxy groups -OCH3 is 2. The van der Waals surface area contributed by atoms with Crippen molar-refractivity contribution < 1.29 is 33.3 Å². The number of carbonyl (C=O) groups excluding carboxylic acids is 2. The predicted molar refractivity (Wildman–Crippen MR) is 152 cm³/mol. The van der Waals surface area contributed by atoms with E-state index in [1.54, 1.807) is 43.5 Å². The molecule has 4 rings (SSSR count). The van der Waals surface area contributed by atoms with Crippen molar-refractivity contribution in [2.24, 2.45) is 0 Å². The van der Waals surface area contributed by atoms with Crippen LogP contribution in [0.3, 0.4) is 0 Å². The van der Waals surface area contributed by atoms with Crippen LogP contribution in [0.2, 0.25) is 0 Å². The molecule has 2 aromatic carbocycles. The van der Waals surface area contributed by atoms with Gasteiger partial charge in [0.05, 0.1) is 32.4 Å². The fraction of sp³-hybridized carbons (Fsp3) is 0.419. The molecule has 0 fully saturated rings. The summed E-state index contributed by atoms with van der Waals surface area (Å²) < 4.78 is 22.8. The third-order valence-corrected chi connectivity index (χ3v) is 7.01. The molecule has 9 nitrogen and oxygen atoms in total. The van der Waals surface area contributed by atoms with E-state index in [-0.39, 0.29) is 11.3 Å². The number of ketones is 1. The van der Waals surface area contributed by atoms with E-state index < -0.39 is 23.5 Å². The van der Waals surface area contributed by atoms with Gasteiger partial charge in [0.1, 0.15) is 0 Å². The van der Waals surface area contributed by atoms with E-state index in [4.69, 9.17) is 18.6 Å². The van der Waals surface area contributed by atoms with Crippen LogP contribution in [-0.4, -0.2) is 74.6 Å². The largest absolute Gasteiger partial charge is 0.503 e. The number of rotatable bonds is 14. The number of amides is 1. The fourth-order valence-corrected chi connectivity index (χ4v) is 4.97. The van der Waals surface area contributed by atoms with Gasteiger partial charge in [0.15, 0.2) is 34.4 Å². The molecule has 1 aromatic heterocycles. The van der Waals surface area contributed by atoms with Gasteiger partial charge in [-0.25, -0.2) is 0 Å². The van der Waals surface area contributed by atoms with Gasteiger partial charge in [0.25, 0.3) is 5.91 Å². The SMILES string of the molecule is CCCCCOc1ccc(C2C(C(=O)c3cc4cccc(OC)c4o3)=C(O)C(=O)N2CCCN(C)C)cc1OC. The lowest BCUT2D eigenvalue weighted by atomic mass is 9.94. The molecule has 0 bridgehead atoms. The van der Waals surface area contributed by atoms with Gasteiger partial charge in [-0.15, -0.1) is 0 Å². The van der Waals surface area contributed by atoms with Gasteiger partial charge in [-0.3, -0.25) is 9.59 Å². The van der Waals surface area contributed by atoms with E-state index in [1.165, 1.54) is 12.0 Å². The topological polar surface area (TPSA) is 102 Å². The lowest BCUT2D eigenvalue weighted by Crippen LogP contribution is -2.33. The van der Waals surface area contributed by atoms with Crippen LogP contribution >= 0.6 is 0 Å². The van der Waals surface area contributed by atoms with Crippen molar-refractivity contribution in [1.29, 1.82) is 0 Å². The van der Waals surface area contributed by atoms with Crippen LogP contribution in [0.25, 0.3) is 11.0 Å². The number of nitrogens with zero attached hydrogens (tertiary/aromatic N) is 2. The first-order chi connectivity index (χ1) is 19.3. The maximum absolute atomic E-state index is 13.9. The molecule has 0 spiro atoms. The van der Waals surface area contributed by atoms with Gasteiger partial charge in [0.2, 0.25) is 5.78 Å². The van der Waals surface area contributed by atoms with Crippen LogP contribution in [0.15, 0.2) is 58.2 Å². The van der Waals surface area contributed by atoms with Crippen molar-refractivity contribution in [2.75, 3.05) is 48.0 Å². The number of Topliss-reactive ketones (excluding diaryl/α,β-unsaturated/α-hetero) is 1. The highest BCUT2D eigenvalue weighted by Gasteiger charge is 2.44. The van der Waals surface area contributed by atoms with Gasteiger partial charge in [-0.05, 0) is 63.3 Å². The van der Waals surface area contributed by atoms with Crippen molar-refractivity contribution in [3.63, 3.8) is 0 Å². The Morgan fingerprint density at radius 1 is 1.02 bits per heavy atom. The highest BCUT2D eigenvalue weighted by Crippen LogP contribution is 2.42. The number of aliphatic hydroxyl groups excluding tert-OH is 1. The number of furan rings is 1. The summed E-state index contributed by atoms with van der Waals surface area (Å²) in [6.07, 6.45) is 3.73. The molecule has 1 aliphatic heterocycles. The van der Waals surface area contributed by atoms with Crippen molar-refractivity contribution in [1.82, 2.24) is 9.80 Å². The van der Waals surface area contributed by atoms with Gasteiger partial charge in [0, 0.05) is 11.9 Å². The van der Waals surface area contributed by atoms with Crippen molar-refractivity contribution >= 4 is 22.7 Å². The van der Waals surface area contributed by atoms with E-state index in [9.17, 15) is 14.7 Å². The van der Waals surface area contributed by atoms with Gasteiger partial charge >= 0.3 is 0 Å². The molecule has 2 heterocycles. The zero-order chi connectivity index (χ0) is 28.8. The van der Waals surface area contributed by atoms with Gasteiger partial charge < -0.3 is 33.5 Å². The molecule has 1 atom stereocenters. The lowest BCUT2D eigenvalue weighted by Gasteiger charge is -2.27. The molecule has 1 aliphatic rings. The predicted octanol–water partition coefficient (Wildman–Crippen LogP) is 5.55. The molecule has 1 unspecified atom stereocenters. The minimum absolute atomic E-state index is 0.0110. The molecule has 0 saturated carbocycles. The Labute approximate surface area is 234 Å². The summed E-state index contributed by atoms with van der Waals surface area (Å²) in [6.45, 7) is 3.76. The molecule has 1 amide bonds. The summed E-state index contributed by atoms with van der Waals surface area (Å²) >= 11 is 0. The minimum Gasteiger partial charge on any atom is -0.503 e. The Balaban J connectivity index is 1.73. The van der Waals surface area contributed by atoms with E-state index in [0.29, 0.717) is 53.4 Å². The van der Waals surface area contributed by atoms with Crippen molar-refractivity contribution in [3.8, 4) is 17.2 Å². The number of hydrogen-bond donors (Lipinski definition) is 1. The van der Waals surface area contributed by atoms with E-state index in [2.05, 4.69) is 6.92 Å². The minimum atomic E-state index is -0.833. The molecule has 40 heavy (non-hydrogen) atoms. The van der Waals surface area contributed by atoms with Crippen LogP contribution in [0.4, 0.5) is 0 Å². The Bertz CT molecular complexity index is 1390. The third kappa shape index (κ3) is 5.94. The number of fused-ring (bicyclic) bond motifs is 1. The molecule has 0 saturated heterocycles. The molecule has 0 aliphatic carbocycles. The summed E-state index contributed by atoms with van der Waals surface area (Å²) in [4.78, 5) is 30.8. The summed E-state index contributed by atoms with van der Waals surface area (Å²) in [5, 5.41) is 11.7. The van der Waals surface area contributed by atoms with Crippen LogP contribution in [0.5, 0.6) is 17.2 Å². The second kappa shape index (κ2) is 12.9. The molecule has 1 N–H and O–H groups in total. The molecular weight excluding hydrogens is 512 g/mol. The maximum atomic E-state index is 13.9. The van der Waals surface area contributed by atoms with Crippen LogP contribution in [-0.2, 0) is 4.79 Å².